The van der Waals surface area contributed by atoms with Gasteiger partial charge in [-0.15, -0.1) is 0 Å². The lowest BCUT2D eigenvalue weighted by atomic mass is 10.3. The van der Waals surface area contributed by atoms with E-state index in [-0.39, 0.29) is 0 Å². The van der Waals surface area contributed by atoms with E-state index in [1.54, 1.807) is 10.9 Å². The van der Waals surface area contributed by atoms with Crippen LogP contribution in [0.4, 0.5) is 0 Å². The fraction of sp³-hybridized carbons (Fsp3) is 0.200. The summed E-state index contributed by atoms with van der Waals surface area (Å²) in [5.41, 5.74) is 2.23. The summed E-state index contributed by atoms with van der Waals surface area (Å²) < 4.78 is 1.80. The molecule has 0 aliphatic rings. The van der Waals surface area contributed by atoms with E-state index in [9.17, 15) is 0 Å². The number of aromatic nitrogens is 3. The zero-order valence-electron chi connectivity index (χ0n) is 7.81. The zero-order valence-corrected chi connectivity index (χ0v) is 9.40. The molecule has 2 aromatic rings. The minimum absolute atomic E-state index is 0.825. The van der Waals surface area contributed by atoms with Gasteiger partial charge in [-0.25, -0.2) is 9.67 Å². The molecule has 2 heterocycles. The Balaban J connectivity index is 2.43. The summed E-state index contributed by atoms with van der Waals surface area (Å²) in [5.74, 6) is 0.850. The van der Waals surface area contributed by atoms with Gasteiger partial charge in [-0.1, -0.05) is 22.0 Å². The van der Waals surface area contributed by atoms with Crippen molar-refractivity contribution in [3.05, 3.63) is 41.9 Å². The number of pyridine rings is 1. The Morgan fingerprint density at radius 1 is 1.43 bits per heavy atom. The first-order valence-electron chi connectivity index (χ1n) is 4.34. The predicted molar refractivity (Wildman–Crippen MR) is 58.7 cm³/mol. The maximum absolute atomic E-state index is 4.38. The lowest BCUT2D eigenvalue weighted by Crippen LogP contribution is -1.96. The van der Waals surface area contributed by atoms with Gasteiger partial charge in [0.05, 0.1) is 5.69 Å². The highest BCUT2D eigenvalue weighted by Crippen LogP contribution is 2.12. The Labute approximate surface area is 90.9 Å². The molecule has 0 radical (unpaired) electrons. The van der Waals surface area contributed by atoms with Crippen molar-refractivity contribution in [3.8, 4) is 5.82 Å². The Kier molecular flexibility index (Phi) is 2.63. The van der Waals surface area contributed by atoms with Crippen molar-refractivity contribution in [2.75, 3.05) is 0 Å². The molecule has 72 valence electrons. The molecule has 2 rings (SSSR count). The molecule has 0 aliphatic carbocycles. The number of rotatable bonds is 2. The van der Waals surface area contributed by atoms with Crippen molar-refractivity contribution in [2.45, 2.75) is 12.3 Å². The summed E-state index contributed by atoms with van der Waals surface area (Å²) in [6.45, 7) is 2.00. The van der Waals surface area contributed by atoms with E-state index in [4.69, 9.17) is 0 Å². The average molecular weight is 252 g/mol. The van der Waals surface area contributed by atoms with Gasteiger partial charge in [0, 0.05) is 23.3 Å². The molecule has 0 atom stereocenters. The van der Waals surface area contributed by atoms with Crippen molar-refractivity contribution in [3.63, 3.8) is 0 Å². The predicted octanol–water partition coefficient (Wildman–Crippen LogP) is 2.47. The lowest BCUT2D eigenvalue weighted by molar-refractivity contribution is 0.832. The number of halogens is 1. The highest BCUT2D eigenvalue weighted by atomic mass is 79.9. The van der Waals surface area contributed by atoms with Crippen molar-refractivity contribution >= 4 is 15.9 Å². The Morgan fingerprint density at radius 3 is 2.86 bits per heavy atom. The first-order chi connectivity index (χ1) is 6.81. The van der Waals surface area contributed by atoms with Crippen LogP contribution in [0.1, 0.15) is 11.3 Å². The van der Waals surface area contributed by atoms with Crippen LogP contribution < -0.4 is 0 Å². The molecule has 0 unspecified atom stereocenters. The van der Waals surface area contributed by atoms with Crippen LogP contribution in [-0.4, -0.2) is 14.8 Å². The molecule has 0 fully saturated rings. The van der Waals surface area contributed by atoms with E-state index in [2.05, 4.69) is 26.0 Å². The van der Waals surface area contributed by atoms with Crippen LogP contribution in [0.2, 0.25) is 0 Å². The van der Waals surface area contributed by atoms with E-state index < -0.39 is 0 Å². The monoisotopic (exact) mass is 251 g/mol. The highest BCUT2D eigenvalue weighted by molar-refractivity contribution is 9.08. The standard InChI is InChI=1S/C10H10BrN3/c1-8-9(6-11)7-14(13-8)10-4-2-3-5-12-10/h2-5,7H,6H2,1H3. The second-order valence-electron chi connectivity index (χ2n) is 3.01. The van der Waals surface area contributed by atoms with Gasteiger partial charge < -0.3 is 0 Å². The Morgan fingerprint density at radius 2 is 2.29 bits per heavy atom. The minimum atomic E-state index is 0.825. The summed E-state index contributed by atoms with van der Waals surface area (Å²) >= 11 is 3.42. The third-order valence-corrected chi connectivity index (χ3v) is 2.63. The topological polar surface area (TPSA) is 30.7 Å². The molecule has 0 bridgehead atoms. The van der Waals surface area contributed by atoms with E-state index in [1.165, 1.54) is 5.56 Å². The number of alkyl halides is 1. The van der Waals surface area contributed by atoms with Gasteiger partial charge in [-0.05, 0) is 19.1 Å². The SMILES string of the molecule is Cc1nn(-c2ccccn2)cc1CBr. The molecular weight excluding hydrogens is 242 g/mol. The van der Waals surface area contributed by atoms with Crippen LogP contribution in [0.5, 0.6) is 0 Å². The van der Waals surface area contributed by atoms with Crippen molar-refractivity contribution in [1.29, 1.82) is 0 Å². The third-order valence-electron chi connectivity index (χ3n) is 2.03. The Bertz CT molecular complexity index is 422. The van der Waals surface area contributed by atoms with Gasteiger partial charge in [-0.2, -0.15) is 5.10 Å². The van der Waals surface area contributed by atoms with Crippen LogP contribution in [0.3, 0.4) is 0 Å². The molecule has 2 aromatic heterocycles. The van der Waals surface area contributed by atoms with E-state index in [1.807, 2.05) is 31.3 Å². The summed E-state index contributed by atoms with van der Waals surface area (Å²) in [5, 5.41) is 5.20. The van der Waals surface area contributed by atoms with Gasteiger partial charge in [0.1, 0.15) is 0 Å². The lowest BCUT2D eigenvalue weighted by Gasteiger charge is -1.97. The van der Waals surface area contributed by atoms with Crippen LogP contribution in [0.25, 0.3) is 5.82 Å². The molecule has 0 N–H and O–H groups in total. The molecule has 0 saturated carbocycles. The quantitative estimate of drug-likeness (QED) is 0.768. The molecule has 4 heteroatoms. The van der Waals surface area contributed by atoms with Gasteiger partial charge in [0.25, 0.3) is 0 Å². The summed E-state index contributed by atoms with van der Waals surface area (Å²) in [4.78, 5) is 4.22. The fourth-order valence-corrected chi connectivity index (χ4v) is 1.78. The molecular formula is C10H10BrN3. The number of hydrogen-bond donors (Lipinski definition) is 0. The normalized spacial score (nSPS) is 10.4. The second kappa shape index (κ2) is 3.92. The highest BCUT2D eigenvalue weighted by Gasteiger charge is 2.04. The maximum atomic E-state index is 4.38. The van der Waals surface area contributed by atoms with Crippen LogP contribution in [-0.2, 0) is 5.33 Å². The molecule has 0 aliphatic heterocycles. The first kappa shape index (κ1) is 9.40. The smallest absolute Gasteiger partial charge is 0.153 e. The minimum Gasteiger partial charge on any atom is -0.237 e. The van der Waals surface area contributed by atoms with Gasteiger partial charge in [0.15, 0.2) is 5.82 Å². The van der Waals surface area contributed by atoms with Crippen molar-refractivity contribution in [2.24, 2.45) is 0 Å². The number of aryl methyl sites for hydroxylation is 1. The van der Waals surface area contributed by atoms with Crippen LogP contribution in [0, 0.1) is 6.92 Å². The van der Waals surface area contributed by atoms with E-state index >= 15 is 0 Å². The maximum Gasteiger partial charge on any atom is 0.153 e. The molecule has 14 heavy (non-hydrogen) atoms. The molecule has 0 amide bonds. The van der Waals surface area contributed by atoms with Crippen molar-refractivity contribution < 1.29 is 0 Å². The summed E-state index contributed by atoms with van der Waals surface area (Å²) in [7, 11) is 0. The van der Waals surface area contributed by atoms with E-state index in [0.29, 0.717) is 0 Å². The second-order valence-corrected chi connectivity index (χ2v) is 3.57. The fourth-order valence-electron chi connectivity index (χ4n) is 1.23. The number of hydrogen-bond acceptors (Lipinski definition) is 2. The molecule has 0 saturated heterocycles. The summed E-state index contributed by atoms with van der Waals surface area (Å²) in [6.07, 6.45) is 3.76. The number of nitrogens with zero attached hydrogens (tertiary/aromatic N) is 3. The van der Waals surface area contributed by atoms with Gasteiger partial charge >= 0.3 is 0 Å². The van der Waals surface area contributed by atoms with Gasteiger partial charge in [0.2, 0.25) is 0 Å². The van der Waals surface area contributed by atoms with E-state index in [0.717, 1.165) is 16.8 Å². The first-order valence-corrected chi connectivity index (χ1v) is 5.46. The van der Waals surface area contributed by atoms with Crippen molar-refractivity contribution in [1.82, 2.24) is 14.8 Å². The Hall–Kier alpha value is -1.16. The summed E-state index contributed by atoms with van der Waals surface area (Å²) in [6, 6.07) is 5.78. The molecule has 3 nitrogen and oxygen atoms in total. The zero-order chi connectivity index (χ0) is 9.97. The third kappa shape index (κ3) is 1.70. The van der Waals surface area contributed by atoms with Gasteiger partial charge in [-0.3, -0.25) is 0 Å². The largest absolute Gasteiger partial charge is 0.237 e. The molecule has 0 aromatic carbocycles. The molecule has 0 spiro atoms. The van der Waals surface area contributed by atoms with Crippen LogP contribution >= 0.6 is 15.9 Å². The average Bonchev–Trinajstić information content (AvgIpc) is 2.61. The van der Waals surface area contributed by atoms with Crippen LogP contribution in [0.15, 0.2) is 30.6 Å².